The Bertz CT molecular complexity index is 584. The highest BCUT2D eigenvalue weighted by atomic mass is 32.1. The fraction of sp³-hybridized carbons (Fsp3) is 0.214. The molecule has 0 bridgehead atoms. The van der Waals surface area contributed by atoms with E-state index in [0.717, 1.165) is 21.6 Å². The van der Waals surface area contributed by atoms with Crippen LogP contribution in [-0.4, -0.2) is 5.78 Å². The number of ether oxygens (including phenoxy) is 1. The van der Waals surface area contributed by atoms with E-state index in [-0.39, 0.29) is 5.78 Å². The summed E-state index contributed by atoms with van der Waals surface area (Å²) in [5, 5.41) is 1.96. The number of fused-ring (bicyclic) bond motifs is 1. The second-order valence-corrected chi connectivity index (χ2v) is 5.32. The van der Waals surface area contributed by atoms with Gasteiger partial charge >= 0.3 is 0 Å². The van der Waals surface area contributed by atoms with Gasteiger partial charge in [-0.3, -0.25) is 4.79 Å². The molecule has 2 aromatic rings. The second-order valence-electron chi connectivity index (χ2n) is 4.20. The lowest BCUT2D eigenvalue weighted by atomic mass is 10.00. The Morgan fingerprint density at radius 3 is 2.82 bits per heavy atom. The molecule has 0 radical (unpaired) electrons. The average Bonchev–Trinajstić information content (AvgIpc) is 2.95. The van der Waals surface area contributed by atoms with Crippen molar-refractivity contribution in [1.29, 1.82) is 0 Å². The fourth-order valence-corrected chi connectivity index (χ4v) is 2.79. The first-order valence-corrected chi connectivity index (χ1v) is 6.42. The summed E-state index contributed by atoms with van der Waals surface area (Å²) in [6.45, 7) is 3.27. The highest BCUT2D eigenvalue weighted by Gasteiger charge is 2.16. The van der Waals surface area contributed by atoms with Crippen molar-refractivity contribution >= 4 is 17.1 Å². The van der Waals surface area contributed by atoms with Gasteiger partial charge in [0.25, 0.3) is 0 Å². The maximum absolute atomic E-state index is 12.3. The minimum Gasteiger partial charge on any atom is -0.372 e. The van der Waals surface area contributed by atoms with Gasteiger partial charge in [0, 0.05) is 16.0 Å². The Kier molecular flexibility index (Phi) is 2.57. The standard InChI is InChI=1S/C14H12O2S/c1-9-13(4-5-17-9)14(15)10-2-3-11-7-16-8-12(11)6-10/h2-6H,7-8H2,1H3. The Labute approximate surface area is 104 Å². The summed E-state index contributed by atoms with van der Waals surface area (Å²) in [4.78, 5) is 13.4. The summed E-state index contributed by atoms with van der Waals surface area (Å²) >= 11 is 1.61. The number of ketones is 1. The van der Waals surface area contributed by atoms with E-state index in [1.165, 1.54) is 5.56 Å². The van der Waals surface area contributed by atoms with Gasteiger partial charge in [0.15, 0.2) is 5.78 Å². The molecule has 0 amide bonds. The van der Waals surface area contributed by atoms with E-state index in [0.29, 0.717) is 13.2 Å². The quantitative estimate of drug-likeness (QED) is 0.757. The molecular weight excluding hydrogens is 232 g/mol. The third-order valence-electron chi connectivity index (χ3n) is 3.09. The number of hydrogen-bond donors (Lipinski definition) is 0. The van der Waals surface area contributed by atoms with Crippen LogP contribution in [0.2, 0.25) is 0 Å². The van der Waals surface area contributed by atoms with E-state index in [2.05, 4.69) is 0 Å². The van der Waals surface area contributed by atoms with Crippen LogP contribution in [0.15, 0.2) is 29.6 Å². The summed E-state index contributed by atoms with van der Waals surface area (Å²) in [5.41, 5.74) is 3.91. The molecule has 0 saturated heterocycles. The van der Waals surface area contributed by atoms with E-state index in [1.807, 2.05) is 36.6 Å². The van der Waals surface area contributed by atoms with Crippen LogP contribution in [0.4, 0.5) is 0 Å². The van der Waals surface area contributed by atoms with Gasteiger partial charge in [-0.1, -0.05) is 12.1 Å². The molecule has 0 unspecified atom stereocenters. The van der Waals surface area contributed by atoms with Gasteiger partial charge in [0.2, 0.25) is 0 Å². The minimum absolute atomic E-state index is 0.110. The van der Waals surface area contributed by atoms with Gasteiger partial charge in [-0.05, 0) is 35.6 Å². The molecule has 0 spiro atoms. The first-order valence-electron chi connectivity index (χ1n) is 5.54. The molecule has 0 N–H and O–H groups in total. The second kappa shape index (κ2) is 4.09. The van der Waals surface area contributed by atoms with Gasteiger partial charge < -0.3 is 4.74 Å². The van der Waals surface area contributed by atoms with Crippen molar-refractivity contribution in [2.75, 3.05) is 0 Å². The Hall–Kier alpha value is -1.45. The summed E-state index contributed by atoms with van der Waals surface area (Å²) in [6.07, 6.45) is 0. The van der Waals surface area contributed by atoms with Crippen molar-refractivity contribution in [3.8, 4) is 0 Å². The summed E-state index contributed by atoms with van der Waals surface area (Å²) in [7, 11) is 0. The van der Waals surface area contributed by atoms with E-state index >= 15 is 0 Å². The van der Waals surface area contributed by atoms with Gasteiger partial charge in [-0.15, -0.1) is 11.3 Å². The monoisotopic (exact) mass is 244 g/mol. The minimum atomic E-state index is 0.110. The zero-order chi connectivity index (χ0) is 11.8. The van der Waals surface area contributed by atoms with Crippen molar-refractivity contribution in [2.24, 2.45) is 0 Å². The van der Waals surface area contributed by atoms with Gasteiger partial charge in [0.05, 0.1) is 13.2 Å². The smallest absolute Gasteiger partial charge is 0.194 e. The number of carbonyl (C=O) groups is 1. The molecule has 0 fully saturated rings. The van der Waals surface area contributed by atoms with Gasteiger partial charge in [-0.2, -0.15) is 0 Å². The van der Waals surface area contributed by atoms with E-state index in [9.17, 15) is 4.79 Å². The van der Waals surface area contributed by atoms with Crippen LogP contribution in [0.5, 0.6) is 0 Å². The van der Waals surface area contributed by atoms with Crippen molar-refractivity contribution in [3.05, 3.63) is 56.8 Å². The maximum Gasteiger partial charge on any atom is 0.194 e. The van der Waals surface area contributed by atoms with Crippen molar-refractivity contribution in [2.45, 2.75) is 20.1 Å². The number of rotatable bonds is 2. The molecule has 1 aliphatic heterocycles. The lowest BCUT2D eigenvalue weighted by Crippen LogP contribution is -2.02. The number of aryl methyl sites for hydroxylation is 1. The molecule has 2 nitrogen and oxygen atoms in total. The lowest BCUT2D eigenvalue weighted by Gasteiger charge is -2.03. The van der Waals surface area contributed by atoms with Crippen molar-refractivity contribution in [3.63, 3.8) is 0 Å². The van der Waals surface area contributed by atoms with Gasteiger partial charge in [0.1, 0.15) is 0 Å². The maximum atomic E-state index is 12.3. The third kappa shape index (κ3) is 1.81. The predicted molar refractivity (Wildman–Crippen MR) is 67.4 cm³/mol. The molecule has 2 heterocycles. The van der Waals surface area contributed by atoms with Crippen LogP contribution in [-0.2, 0) is 18.0 Å². The van der Waals surface area contributed by atoms with Crippen LogP contribution in [0, 0.1) is 6.92 Å². The van der Waals surface area contributed by atoms with Crippen LogP contribution in [0.25, 0.3) is 0 Å². The number of hydrogen-bond acceptors (Lipinski definition) is 3. The molecule has 1 aliphatic rings. The normalized spacial score (nSPS) is 13.7. The zero-order valence-electron chi connectivity index (χ0n) is 9.53. The highest BCUT2D eigenvalue weighted by Crippen LogP contribution is 2.24. The molecule has 17 heavy (non-hydrogen) atoms. The molecule has 1 aromatic heterocycles. The number of benzene rings is 1. The van der Waals surface area contributed by atoms with E-state index in [4.69, 9.17) is 4.74 Å². The SMILES string of the molecule is Cc1sccc1C(=O)c1ccc2c(c1)COC2. The first-order chi connectivity index (χ1) is 8.25. The molecular formula is C14H12O2S. The lowest BCUT2D eigenvalue weighted by molar-refractivity contribution is 0.103. The zero-order valence-corrected chi connectivity index (χ0v) is 10.3. The summed E-state index contributed by atoms with van der Waals surface area (Å²) in [5.74, 6) is 0.110. The molecule has 3 rings (SSSR count). The summed E-state index contributed by atoms with van der Waals surface area (Å²) < 4.78 is 5.35. The summed E-state index contributed by atoms with van der Waals surface area (Å²) in [6, 6.07) is 7.75. The largest absolute Gasteiger partial charge is 0.372 e. The van der Waals surface area contributed by atoms with Crippen LogP contribution >= 0.6 is 11.3 Å². The van der Waals surface area contributed by atoms with Crippen LogP contribution < -0.4 is 0 Å². The molecule has 86 valence electrons. The molecule has 0 aliphatic carbocycles. The predicted octanol–water partition coefficient (Wildman–Crippen LogP) is 3.32. The van der Waals surface area contributed by atoms with Gasteiger partial charge in [-0.25, -0.2) is 0 Å². The molecule has 0 saturated carbocycles. The molecule has 0 atom stereocenters. The Balaban J connectivity index is 2.00. The number of thiophene rings is 1. The van der Waals surface area contributed by atoms with E-state index in [1.54, 1.807) is 11.3 Å². The number of carbonyl (C=O) groups excluding carboxylic acids is 1. The Morgan fingerprint density at radius 2 is 2.06 bits per heavy atom. The van der Waals surface area contributed by atoms with Crippen molar-refractivity contribution in [1.82, 2.24) is 0 Å². The average molecular weight is 244 g/mol. The van der Waals surface area contributed by atoms with E-state index < -0.39 is 0 Å². The first kappa shape index (κ1) is 10.7. The third-order valence-corrected chi connectivity index (χ3v) is 3.93. The topological polar surface area (TPSA) is 26.3 Å². The van der Waals surface area contributed by atoms with Crippen LogP contribution in [0.1, 0.15) is 31.9 Å². The van der Waals surface area contributed by atoms with Crippen molar-refractivity contribution < 1.29 is 9.53 Å². The fourth-order valence-electron chi connectivity index (χ4n) is 2.09. The van der Waals surface area contributed by atoms with Crippen LogP contribution in [0.3, 0.4) is 0 Å². The molecule has 3 heteroatoms. The highest BCUT2D eigenvalue weighted by molar-refractivity contribution is 7.10. The Morgan fingerprint density at radius 1 is 1.24 bits per heavy atom. The molecule has 1 aromatic carbocycles.